The molecule has 0 aliphatic carbocycles. The quantitative estimate of drug-likeness (QED) is 0.846. The molecule has 2 aliphatic heterocycles. The van der Waals surface area contributed by atoms with Gasteiger partial charge in [0.15, 0.2) is 5.76 Å². The van der Waals surface area contributed by atoms with Crippen molar-refractivity contribution in [1.82, 2.24) is 9.80 Å². The van der Waals surface area contributed by atoms with Gasteiger partial charge >= 0.3 is 0 Å². The molecule has 108 valence electrons. The smallest absolute Gasteiger partial charge is 0.289 e. The molecule has 0 spiro atoms. The van der Waals surface area contributed by atoms with Gasteiger partial charge in [-0.15, -0.1) is 0 Å². The average molecular weight is 278 g/mol. The minimum absolute atomic E-state index is 0.0299. The molecular formula is C14H18N2O4. The van der Waals surface area contributed by atoms with E-state index in [1.807, 2.05) is 0 Å². The first-order valence-electron chi connectivity index (χ1n) is 6.94. The summed E-state index contributed by atoms with van der Waals surface area (Å²) in [4.78, 5) is 27.5. The molecule has 3 heterocycles. The van der Waals surface area contributed by atoms with Crippen molar-refractivity contribution in [2.75, 3.05) is 26.2 Å². The zero-order chi connectivity index (χ0) is 14.1. The topological polar surface area (TPSA) is 74.0 Å². The number of carbonyl (C=O) groups is 2. The van der Waals surface area contributed by atoms with Crippen molar-refractivity contribution in [3.05, 3.63) is 24.2 Å². The van der Waals surface area contributed by atoms with Crippen LogP contribution in [-0.2, 0) is 4.79 Å². The molecule has 3 rings (SSSR count). The number of rotatable bonds is 2. The Bertz CT molecular complexity index is 499. The standard InChI is InChI=1S/C14H18N2O4/c17-9-13(18)16-5-1-3-10-7-15(8-11(10)16)14(19)12-4-2-6-20-12/h2,4,6,10-11,17H,1,3,5,7-9H2/t10-,11+/m0/s1. The Kier molecular flexibility index (Phi) is 3.48. The van der Waals surface area contributed by atoms with E-state index in [9.17, 15) is 9.59 Å². The van der Waals surface area contributed by atoms with E-state index in [0.717, 1.165) is 12.8 Å². The fraction of sp³-hybridized carbons (Fsp3) is 0.571. The summed E-state index contributed by atoms with van der Waals surface area (Å²) < 4.78 is 5.14. The summed E-state index contributed by atoms with van der Waals surface area (Å²) in [6, 6.07) is 3.38. The number of fused-ring (bicyclic) bond motifs is 1. The van der Waals surface area contributed by atoms with Crippen molar-refractivity contribution in [2.45, 2.75) is 18.9 Å². The summed E-state index contributed by atoms with van der Waals surface area (Å²) in [5.41, 5.74) is 0. The molecule has 2 saturated heterocycles. The summed E-state index contributed by atoms with van der Waals surface area (Å²) in [6.45, 7) is 1.38. The van der Waals surface area contributed by atoms with E-state index >= 15 is 0 Å². The monoisotopic (exact) mass is 278 g/mol. The number of aliphatic hydroxyl groups excluding tert-OH is 1. The maximum Gasteiger partial charge on any atom is 0.289 e. The molecular weight excluding hydrogens is 260 g/mol. The lowest BCUT2D eigenvalue weighted by Gasteiger charge is -2.36. The third-order valence-electron chi connectivity index (χ3n) is 4.26. The Hall–Kier alpha value is -1.82. The average Bonchev–Trinajstić information content (AvgIpc) is 3.13. The first-order chi connectivity index (χ1) is 9.70. The highest BCUT2D eigenvalue weighted by atomic mass is 16.3. The summed E-state index contributed by atoms with van der Waals surface area (Å²) in [5, 5.41) is 9.05. The van der Waals surface area contributed by atoms with Gasteiger partial charge in [-0.25, -0.2) is 0 Å². The van der Waals surface area contributed by atoms with Gasteiger partial charge in [-0.2, -0.15) is 0 Å². The number of amides is 2. The lowest BCUT2D eigenvalue weighted by molar-refractivity contribution is -0.138. The molecule has 2 amide bonds. The van der Waals surface area contributed by atoms with Gasteiger partial charge in [-0.3, -0.25) is 9.59 Å². The van der Waals surface area contributed by atoms with Crippen molar-refractivity contribution in [3.63, 3.8) is 0 Å². The van der Waals surface area contributed by atoms with Crippen LogP contribution < -0.4 is 0 Å². The van der Waals surface area contributed by atoms with E-state index in [1.54, 1.807) is 21.9 Å². The van der Waals surface area contributed by atoms with Gasteiger partial charge in [-0.1, -0.05) is 0 Å². The first kappa shape index (κ1) is 13.2. The maximum absolute atomic E-state index is 12.3. The predicted octanol–water partition coefficient (Wildman–Crippen LogP) is 0.335. The molecule has 0 radical (unpaired) electrons. The molecule has 1 aromatic rings. The zero-order valence-electron chi connectivity index (χ0n) is 11.2. The molecule has 1 aromatic heterocycles. The number of piperidine rings is 1. The van der Waals surface area contributed by atoms with Gasteiger partial charge in [0.25, 0.3) is 5.91 Å². The van der Waals surface area contributed by atoms with Crippen LogP contribution in [0.3, 0.4) is 0 Å². The normalized spacial score (nSPS) is 25.6. The molecule has 2 atom stereocenters. The van der Waals surface area contributed by atoms with Crippen LogP contribution in [0.4, 0.5) is 0 Å². The summed E-state index contributed by atoms with van der Waals surface area (Å²) in [5.74, 6) is 0.273. The van der Waals surface area contributed by atoms with Gasteiger partial charge in [0.05, 0.1) is 12.3 Å². The van der Waals surface area contributed by atoms with Crippen molar-refractivity contribution >= 4 is 11.8 Å². The number of furan rings is 1. The number of nitrogens with zero attached hydrogens (tertiary/aromatic N) is 2. The lowest BCUT2D eigenvalue weighted by atomic mass is 9.92. The van der Waals surface area contributed by atoms with E-state index in [-0.39, 0.29) is 17.9 Å². The van der Waals surface area contributed by atoms with Crippen LogP contribution in [0.5, 0.6) is 0 Å². The number of likely N-dealkylation sites (tertiary alicyclic amines) is 2. The highest BCUT2D eigenvalue weighted by Crippen LogP contribution is 2.31. The van der Waals surface area contributed by atoms with E-state index in [2.05, 4.69) is 0 Å². The molecule has 6 heteroatoms. The summed E-state index contributed by atoms with van der Waals surface area (Å²) >= 11 is 0. The van der Waals surface area contributed by atoms with E-state index in [4.69, 9.17) is 9.52 Å². The molecule has 6 nitrogen and oxygen atoms in total. The first-order valence-corrected chi connectivity index (χ1v) is 6.94. The second-order valence-electron chi connectivity index (χ2n) is 5.40. The van der Waals surface area contributed by atoms with Crippen LogP contribution in [-0.4, -0.2) is 59.0 Å². The Morgan fingerprint density at radius 3 is 2.95 bits per heavy atom. The predicted molar refractivity (Wildman–Crippen MR) is 69.9 cm³/mol. The van der Waals surface area contributed by atoms with Crippen molar-refractivity contribution in [2.24, 2.45) is 5.92 Å². The molecule has 0 aromatic carbocycles. The summed E-state index contributed by atoms with van der Waals surface area (Å²) in [6.07, 6.45) is 3.43. The van der Waals surface area contributed by atoms with Gasteiger partial charge in [0.2, 0.25) is 5.91 Å². The van der Waals surface area contributed by atoms with Gasteiger partial charge in [0.1, 0.15) is 6.61 Å². The minimum Gasteiger partial charge on any atom is -0.459 e. The van der Waals surface area contributed by atoms with Gasteiger partial charge < -0.3 is 19.3 Å². The number of hydrogen-bond donors (Lipinski definition) is 1. The Morgan fingerprint density at radius 1 is 1.40 bits per heavy atom. The minimum atomic E-state index is -0.463. The van der Waals surface area contributed by atoms with Gasteiger partial charge in [0, 0.05) is 19.6 Å². The molecule has 1 N–H and O–H groups in total. The number of aliphatic hydroxyl groups is 1. The SMILES string of the molecule is O=C(c1ccco1)N1C[C@@H]2CCCN(C(=O)CO)[C@@H]2C1. The van der Waals surface area contributed by atoms with Gasteiger partial charge in [-0.05, 0) is 30.9 Å². The second-order valence-corrected chi connectivity index (χ2v) is 5.40. The third kappa shape index (κ3) is 2.20. The summed E-state index contributed by atoms with van der Waals surface area (Å²) in [7, 11) is 0. The number of hydrogen-bond acceptors (Lipinski definition) is 4. The lowest BCUT2D eigenvalue weighted by Crippen LogP contribution is -2.49. The van der Waals surface area contributed by atoms with E-state index in [0.29, 0.717) is 31.3 Å². The Balaban J connectivity index is 1.74. The van der Waals surface area contributed by atoms with E-state index in [1.165, 1.54) is 6.26 Å². The molecule has 0 bridgehead atoms. The van der Waals surface area contributed by atoms with Crippen LogP contribution in [0, 0.1) is 5.92 Å². The molecule has 0 unspecified atom stereocenters. The Morgan fingerprint density at radius 2 is 2.25 bits per heavy atom. The zero-order valence-corrected chi connectivity index (χ0v) is 11.2. The third-order valence-corrected chi connectivity index (χ3v) is 4.26. The molecule has 2 aliphatic rings. The highest BCUT2D eigenvalue weighted by Gasteiger charge is 2.42. The van der Waals surface area contributed by atoms with Crippen molar-refractivity contribution in [1.29, 1.82) is 0 Å². The maximum atomic E-state index is 12.3. The highest BCUT2D eigenvalue weighted by molar-refractivity contribution is 5.91. The number of carbonyl (C=O) groups excluding carboxylic acids is 2. The second kappa shape index (κ2) is 5.28. The molecule has 2 fully saturated rings. The van der Waals surface area contributed by atoms with Crippen LogP contribution in [0.2, 0.25) is 0 Å². The fourth-order valence-electron chi connectivity index (χ4n) is 3.30. The van der Waals surface area contributed by atoms with E-state index < -0.39 is 6.61 Å². The van der Waals surface area contributed by atoms with Crippen molar-refractivity contribution < 1.29 is 19.1 Å². The van der Waals surface area contributed by atoms with Crippen molar-refractivity contribution in [3.8, 4) is 0 Å². The molecule has 20 heavy (non-hydrogen) atoms. The van der Waals surface area contributed by atoms with Crippen LogP contribution in [0.15, 0.2) is 22.8 Å². The van der Waals surface area contributed by atoms with Crippen LogP contribution in [0.25, 0.3) is 0 Å². The largest absolute Gasteiger partial charge is 0.459 e. The van der Waals surface area contributed by atoms with Crippen LogP contribution in [0.1, 0.15) is 23.4 Å². The fourth-order valence-corrected chi connectivity index (χ4v) is 3.30. The molecule has 0 saturated carbocycles. The Labute approximate surface area is 117 Å². The van der Waals surface area contributed by atoms with Crippen LogP contribution >= 0.6 is 0 Å².